The Morgan fingerprint density at radius 1 is 1.19 bits per heavy atom. The van der Waals surface area contributed by atoms with Gasteiger partial charge in [0.15, 0.2) is 0 Å². The maximum atomic E-state index is 15.5. The summed E-state index contributed by atoms with van der Waals surface area (Å²) in [6.07, 6.45) is 1.58. The van der Waals surface area contributed by atoms with Crippen LogP contribution in [0.3, 0.4) is 0 Å². The number of benzene rings is 1. The molecule has 9 heteroatoms. The van der Waals surface area contributed by atoms with Crippen molar-refractivity contribution in [3.05, 3.63) is 51.9 Å². The van der Waals surface area contributed by atoms with Gasteiger partial charge in [-0.2, -0.15) is 0 Å². The average Bonchev–Trinajstić information content (AvgIpc) is 3.14. The van der Waals surface area contributed by atoms with E-state index in [0.29, 0.717) is 16.8 Å². The van der Waals surface area contributed by atoms with E-state index in [1.54, 1.807) is 6.20 Å². The van der Waals surface area contributed by atoms with Crippen LogP contribution in [-0.4, -0.2) is 38.4 Å². The van der Waals surface area contributed by atoms with E-state index in [1.165, 1.54) is 4.68 Å². The molecule has 1 aromatic heterocycles. The van der Waals surface area contributed by atoms with Gasteiger partial charge in [0.25, 0.3) is 0 Å². The zero-order valence-corrected chi connectivity index (χ0v) is 17.3. The second kappa shape index (κ2) is 7.46. The molecule has 0 aliphatic carbocycles. The van der Waals surface area contributed by atoms with Gasteiger partial charge in [0.1, 0.15) is 11.4 Å². The van der Waals surface area contributed by atoms with Gasteiger partial charge in [-0.15, -0.1) is 5.10 Å². The monoisotopic (exact) mass is 437 g/mol. The van der Waals surface area contributed by atoms with E-state index in [1.807, 2.05) is 52.0 Å². The molecule has 0 bridgehead atoms. The Bertz CT molecular complexity index is 836. The van der Waals surface area contributed by atoms with Crippen molar-refractivity contribution >= 4 is 28.6 Å². The lowest BCUT2D eigenvalue weighted by Crippen LogP contribution is -2.41. The van der Waals surface area contributed by atoms with Crippen LogP contribution in [0.4, 0.5) is 4.39 Å². The molecule has 0 atom stereocenters. The highest BCUT2D eigenvalue weighted by Crippen LogP contribution is 2.40. The smallest absolute Gasteiger partial charge is 0.398 e. The zero-order chi connectivity index (χ0) is 19.8. The lowest BCUT2D eigenvalue weighted by Gasteiger charge is -2.32. The van der Waals surface area contributed by atoms with Crippen LogP contribution in [0.5, 0.6) is 0 Å². The normalized spacial score (nSPS) is 19.3. The fourth-order valence-corrected chi connectivity index (χ4v) is 2.96. The Balaban J connectivity index is 2.00. The summed E-state index contributed by atoms with van der Waals surface area (Å²) in [6.45, 7) is 7.42. The van der Waals surface area contributed by atoms with Crippen LogP contribution in [0.25, 0.3) is 5.57 Å². The van der Waals surface area contributed by atoms with Gasteiger partial charge in [-0.1, -0.05) is 33.3 Å². The zero-order valence-electron chi connectivity index (χ0n) is 15.7. The minimum atomic E-state index is -1.10. The Kier molecular flexibility index (Phi) is 5.58. The molecule has 2 heterocycles. The van der Waals surface area contributed by atoms with Crippen molar-refractivity contribution in [2.75, 3.05) is 0 Å². The van der Waals surface area contributed by atoms with Gasteiger partial charge in [0, 0.05) is 10.0 Å². The third-order valence-corrected chi connectivity index (χ3v) is 5.54. The molecule has 0 spiro atoms. The largest absolute Gasteiger partial charge is 0.525 e. The van der Waals surface area contributed by atoms with Gasteiger partial charge in [-0.3, -0.25) is 0 Å². The molecule has 0 amide bonds. The molecule has 1 aromatic carbocycles. The predicted molar refractivity (Wildman–Crippen MR) is 104 cm³/mol. The topological polar surface area (TPSA) is 69.4 Å². The van der Waals surface area contributed by atoms with Crippen LogP contribution in [0.2, 0.25) is 0 Å². The number of hydrogen-bond donors (Lipinski definition) is 1. The first-order chi connectivity index (χ1) is 12.6. The van der Waals surface area contributed by atoms with Crippen LogP contribution in [0.15, 0.2) is 40.7 Å². The second-order valence-electron chi connectivity index (χ2n) is 7.49. The molecule has 0 saturated carbocycles. The Hall–Kier alpha value is -1.55. The predicted octanol–water partition coefficient (Wildman–Crippen LogP) is 3.55. The fourth-order valence-electron chi connectivity index (χ4n) is 2.69. The standard InChI is InChI=1S/C18H22BBrFN3O3/c1-17(2)18(3,4)27-19(26-17)16(21)15(12-5-7-13(20)8-6-12)10-24-9-14(11-25)22-23-24/h5-9,25H,10-11H2,1-4H3. The van der Waals surface area contributed by atoms with Crippen molar-refractivity contribution in [3.8, 4) is 0 Å². The van der Waals surface area contributed by atoms with Gasteiger partial charge in [0.2, 0.25) is 0 Å². The summed E-state index contributed by atoms with van der Waals surface area (Å²) in [5, 5.41) is 17.0. The number of nitrogens with zero attached hydrogens (tertiary/aromatic N) is 3. The summed E-state index contributed by atoms with van der Waals surface area (Å²) >= 11 is 3.39. The molecule has 2 aromatic rings. The first kappa shape index (κ1) is 20.2. The van der Waals surface area contributed by atoms with Crippen LogP contribution in [0.1, 0.15) is 39.0 Å². The Morgan fingerprint density at radius 3 is 2.30 bits per heavy atom. The molecule has 3 rings (SSSR count). The van der Waals surface area contributed by atoms with Crippen molar-refractivity contribution in [3.63, 3.8) is 0 Å². The van der Waals surface area contributed by atoms with E-state index in [-0.39, 0.29) is 13.2 Å². The van der Waals surface area contributed by atoms with Crippen molar-refractivity contribution in [2.24, 2.45) is 0 Å². The first-order valence-electron chi connectivity index (χ1n) is 8.63. The van der Waals surface area contributed by atoms with Crippen LogP contribution >= 0.6 is 15.9 Å². The van der Waals surface area contributed by atoms with E-state index < -0.39 is 24.0 Å². The molecule has 1 aliphatic rings. The molecule has 144 valence electrons. The minimum absolute atomic E-state index is 0.130. The molecule has 1 saturated heterocycles. The first-order valence-corrected chi connectivity index (χ1v) is 9.42. The molecule has 1 N–H and O–H groups in total. The third-order valence-electron chi connectivity index (χ3n) is 5.01. The molecule has 0 unspecified atom stereocenters. The lowest BCUT2D eigenvalue weighted by molar-refractivity contribution is 0.00578. The summed E-state index contributed by atoms with van der Waals surface area (Å²) in [5.74, 6) is 0. The summed E-state index contributed by atoms with van der Waals surface area (Å²) < 4.78 is 29.6. The van der Waals surface area contributed by atoms with E-state index in [0.717, 1.165) is 4.47 Å². The second-order valence-corrected chi connectivity index (χ2v) is 8.40. The highest BCUT2D eigenvalue weighted by Gasteiger charge is 2.53. The fraction of sp³-hybridized carbons (Fsp3) is 0.444. The highest BCUT2D eigenvalue weighted by atomic mass is 79.9. The van der Waals surface area contributed by atoms with Gasteiger partial charge >= 0.3 is 7.12 Å². The number of aromatic nitrogens is 3. The lowest BCUT2D eigenvalue weighted by atomic mass is 9.82. The summed E-state index contributed by atoms with van der Waals surface area (Å²) in [6, 6.07) is 7.31. The van der Waals surface area contributed by atoms with E-state index in [9.17, 15) is 5.11 Å². The number of halogens is 2. The SMILES string of the molecule is CC1(C)OB(C(F)=C(Cn2cc(CO)nn2)c2ccc(Br)cc2)OC1(C)C. The van der Waals surface area contributed by atoms with Crippen molar-refractivity contribution < 1.29 is 18.8 Å². The molecular formula is C18H22BBrFN3O3. The van der Waals surface area contributed by atoms with Crippen LogP contribution in [-0.2, 0) is 22.5 Å². The molecular weight excluding hydrogens is 416 g/mol. The Labute approximate surface area is 166 Å². The van der Waals surface area contributed by atoms with Gasteiger partial charge in [-0.25, -0.2) is 9.07 Å². The van der Waals surface area contributed by atoms with Crippen molar-refractivity contribution in [1.82, 2.24) is 15.0 Å². The highest BCUT2D eigenvalue weighted by molar-refractivity contribution is 9.10. The number of aliphatic hydroxyl groups excluding tert-OH is 1. The average molecular weight is 438 g/mol. The minimum Gasteiger partial charge on any atom is -0.398 e. The molecule has 0 radical (unpaired) electrons. The molecule has 1 aliphatic heterocycles. The number of aliphatic hydroxyl groups is 1. The third kappa shape index (κ3) is 4.16. The summed E-state index contributed by atoms with van der Waals surface area (Å²) in [7, 11) is -1.10. The number of hydrogen-bond acceptors (Lipinski definition) is 5. The van der Waals surface area contributed by atoms with Crippen LogP contribution in [0, 0.1) is 0 Å². The quantitative estimate of drug-likeness (QED) is 0.724. The van der Waals surface area contributed by atoms with Crippen molar-refractivity contribution in [1.29, 1.82) is 0 Å². The van der Waals surface area contributed by atoms with Crippen LogP contribution < -0.4 is 0 Å². The number of rotatable bonds is 5. The van der Waals surface area contributed by atoms with Gasteiger partial charge < -0.3 is 14.4 Å². The van der Waals surface area contributed by atoms with Gasteiger partial charge in [0.05, 0.1) is 30.6 Å². The van der Waals surface area contributed by atoms with Gasteiger partial charge in [-0.05, 0) is 45.4 Å². The van der Waals surface area contributed by atoms with E-state index in [4.69, 9.17) is 9.31 Å². The Morgan fingerprint density at radius 2 is 1.78 bits per heavy atom. The van der Waals surface area contributed by atoms with E-state index >= 15 is 4.39 Å². The van der Waals surface area contributed by atoms with E-state index in [2.05, 4.69) is 26.2 Å². The summed E-state index contributed by atoms with van der Waals surface area (Å²) in [5.41, 5.74) is -0.297. The summed E-state index contributed by atoms with van der Waals surface area (Å²) in [4.78, 5) is 0. The van der Waals surface area contributed by atoms with Crippen molar-refractivity contribution in [2.45, 2.75) is 52.0 Å². The maximum absolute atomic E-state index is 15.5. The molecule has 1 fully saturated rings. The molecule has 27 heavy (non-hydrogen) atoms. The molecule has 6 nitrogen and oxygen atoms in total. The maximum Gasteiger partial charge on any atom is 0.525 e. The number of allylic oxidation sites excluding steroid dienone is 1.